The van der Waals surface area contributed by atoms with Crippen LogP contribution in [0.5, 0.6) is 0 Å². The molecule has 1 amide bonds. The maximum Gasteiger partial charge on any atom is 0.266 e. The number of ether oxygens (including phenoxy) is 1. The Morgan fingerprint density at radius 3 is 3.08 bits per heavy atom. The molecule has 1 atom stereocenters. The molecule has 1 saturated heterocycles. The second-order valence-electron chi connectivity index (χ2n) is 2.82. The van der Waals surface area contributed by atoms with E-state index >= 15 is 0 Å². The minimum atomic E-state index is -0.894. The lowest BCUT2D eigenvalue weighted by Crippen LogP contribution is -2.54. The second-order valence-corrected chi connectivity index (χ2v) is 2.82. The van der Waals surface area contributed by atoms with Gasteiger partial charge in [-0.15, -0.1) is 0 Å². The topological polar surface area (TPSA) is 73.6 Å². The van der Waals surface area contributed by atoms with Gasteiger partial charge in [-0.25, -0.2) is 5.48 Å². The first-order valence-corrected chi connectivity index (χ1v) is 3.98. The average Bonchev–Trinajstić information content (AvgIpc) is 2.49. The van der Waals surface area contributed by atoms with E-state index < -0.39 is 5.54 Å². The number of hydrogen-bond donors (Lipinski definition) is 2. The van der Waals surface area contributed by atoms with Crippen molar-refractivity contribution in [3.8, 4) is 0 Å². The van der Waals surface area contributed by atoms with Crippen LogP contribution in [0, 0.1) is 0 Å². The molecule has 1 aliphatic rings. The zero-order valence-electron chi connectivity index (χ0n) is 7.13. The summed E-state index contributed by atoms with van der Waals surface area (Å²) in [6.45, 7) is 3.03. The molecule has 0 bridgehead atoms. The van der Waals surface area contributed by atoms with E-state index in [2.05, 4.69) is 5.48 Å². The van der Waals surface area contributed by atoms with Crippen molar-refractivity contribution >= 4 is 5.91 Å². The number of amides is 1. The van der Waals surface area contributed by atoms with Gasteiger partial charge in [-0.3, -0.25) is 9.63 Å². The standard InChI is InChI=1S/C7H14N2O3/c1-2-12-9-6(10)7(8)3-4-11-5-7/h2-5,8H2,1H3,(H,9,10). The number of nitrogens with one attached hydrogen (secondary N) is 1. The third kappa shape index (κ3) is 1.94. The van der Waals surface area contributed by atoms with Gasteiger partial charge in [0.05, 0.1) is 13.2 Å². The quantitative estimate of drug-likeness (QED) is 0.548. The normalized spacial score (nSPS) is 28.8. The molecule has 1 unspecified atom stereocenters. The third-order valence-electron chi connectivity index (χ3n) is 1.81. The van der Waals surface area contributed by atoms with Gasteiger partial charge < -0.3 is 10.5 Å². The van der Waals surface area contributed by atoms with Gasteiger partial charge in [0, 0.05) is 13.0 Å². The van der Waals surface area contributed by atoms with Crippen LogP contribution < -0.4 is 11.2 Å². The Morgan fingerprint density at radius 1 is 1.83 bits per heavy atom. The first-order chi connectivity index (χ1) is 5.69. The summed E-state index contributed by atoms with van der Waals surface area (Å²) in [7, 11) is 0. The Hall–Kier alpha value is -0.650. The molecule has 1 heterocycles. The molecule has 5 nitrogen and oxygen atoms in total. The molecule has 1 fully saturated rings. The van der Waals surface area contributed by atoms with E-state index in [1.165, 1.54) is 0 Å². The van der Waals surface area contributed by atoms with Crippen LogP contribution in [-0.4, -0.2) is 31.3 Å². The lowest BCUT2D eigenvalue weighted by Gasteiger charge is -2.19. The highest BCUT2D eigenvalue weighted by Gasteiger charge is 2.38. The molecule has 70 valence electrons. The molecule has 0 aromatic rings. The van der Waals surface area contributed by atoms with Crippen LogP contribution >= 0.6 is 0 Å². The van der Waals surface area contributed by atoms with Crippen molar-refractivity contribution in [2.45, 2.75) is 18.9 Å². The molecule has 0 aromatic heterocycles. The van der Waals surface area contributed by atoms with E-state index in [4.69, 9.17) is 15.3 Å². The number of nitrogens with two attached hydrogens (primary N) is 1. The molecular weight excluding hydrogens is 160 g/mol. The van der Waals surface area contributed by atoms with E-state index in [-0.39, 0.29) is 12.5 Å². The van der Waals surface area contributed by atoms with Crippen molar-refractivity contribution in [3.05, 3.63) is 0 Å². The van der Waals surface area contributed by atoms with Gasteiger partial charge in [0.2, 0.25) is 0 Å². The fourth-order valence-corrected chi connectivity index (χ4v) is 0.999. The predicted octanol–water partition coefficient (Wildman–Crippen LogP) is -0.828. The van der Waals surface area contributed by atoms with Gasteiger partial charge in [-0.1, -0.05) is 0 Å². The van der Waals surface area contributed by atoms with Crippen LogP contribution in [0.3, 0.4) is 0 Å². The molecule has 0 spiro atoms. The second kappa shape index (κ2) is 3.84. The maximum absolute atomic E-state index is 11.3. The Balaban J connectivity index is 2.39. The largest absolute Gasteiger partial charge is 0.379 e. The van der Waals surface area contributed by atoms with Gasteiger partial charge in [0.25, 0.3) is 5.91 Å². The van der Waals surface area contributed by atoms with E-state index in [0.717, 1.165) is 0 Å². The molecular formula is C7H14N2O3. The number of hydroxylamine groups is 1. The van der Waals surface area contributed by atoms with Crippen molar-refractivity contribution in [1.29, 1.82) is 0 Å². The third-order valence-corrected chi connectivity index (χ3v) is 1.81. The van der Waals surface area contributed by atoms with Gasteiger partial charge in [0.15, 0.2) is 0 Å². The highest BCUT2D eigenvalue weighted by Crippen LogP contribution is 2.14. The summed E-state index contributed by atoms with van der Waals surface area (Å²) in [5.41, 5.74) is 7.10. The minimum absolute atomic E-state index is 0.270. The van der Waals surface area contributed by atoms with Gasteiger partial charge in [-0.2, -0.15) is 0 Å². The summed E-state index contributed by atoms with van der Waals surface area (Å²) >= 11 is 0. The predicted molar refractivity (Wildman–Crippen MR) is 42.1 cm³/mol. The van der Waals surface area contributed by atoms with Crippen molar-refractivity contribution in [2.24, 2.45) is 5.73 Å². The van der Waals surface area contributed by atoms with Crippen LogP contribution in [0.25, 0.3) is 0 Å². The average molecular weight is 174 g/mol. The first kappa shape index (κ1) is 9.44. The van der Waals surface area contributed by atoms with Gasteiger partial charge >= 0.3 is 0 Å². The Bertz CT molecular complexity index is 166. The summed E-state index contributed by atoms with van der Waals surface area (Å²) in [6.07, 6.45) is 0.548. The maximum atomic E-state index is 11.3. The highest BCUT2D eigenvalue weighted by molar-refractivity contribution is 5.85. The van der Waals surface area contributed by atoms with Crippen molar-refractivity contribution in [2.75, 3.05) is 19.8 Å². The molecule has 0 aromatic carbocycles. The van der Waals surface area contributed by atoms with Crippen LogP contribution in [0.4, 0.5) is 0 Å². The van der Waals surface area contributed by atoms with Crippen molar-refractivity contribution in [3.63, 3.8) is 0 Å². The Morgan fingerprint density at radius 2 is 2.58 bits per heavy atom. The smallest absolute Gasteiger partial charge is 0.266 e. The molecule has 3 N–H and O–H groups in total. The molecule has 12 heavy (non-hydrogen) atoms. The lowest BCUT2D eigenvalue weighted by molar-refractivity contribution is -0.138. The molecule has 0 saturated carbocycles. The lowest BCUT2D eigenvalue weighted by atomic mass is 10.0. The minimum Gasteiger partial charge on any atom is -0.379 e. The zero-order chi connectivity index (χ0) is 9.03. The van der Waals surface area contributed by atoms with Gasteiger partial charge in [-0.05, 0) is 6.92 Å². The van der Waals surface area contributed by atoms with Crippen molar-refractivity contribution in [1.82, 2.24) is 5.48 Å². The van der Waals surface area contributed by atoms with E-state index in [1.54, 1.807) is 6.92 Å². The van der Waals surface area contributed by atoms with Crippen LogP contribution in [0.2, 0.25) is 0 Å². The summed E-state index contributed by atoms with van der Waals surface area (Å²) in [4.78, 5) is 16.0. The summed E-state index contributed by atoms with van der Waals surface area (Å²) in [5, 5.41) is 0. The number of hydrogen-bond acceptors (Lipinski definition) is 4. The highest BCUT2D eigenvalue weighted by atomic mass is 16.6. The zero-order valence-corrected chi connectivity index (χ0v) is 7.13. The van der Waals surface area contributed by atoms with Gasteiger partial charge in [0.1, 0.15) is 5.54 Å². The first-order valence-electron chi connectivity index (χ1n) is 3.98. The molecule has 0 aliphatic carbocycles. The number of carbonyl (C=O) groups is 1. The van der Waals surface area contributed by atoms with E-state index in [1.807, 2.05) is 0 Å². The fourth-order valence-electron chi connectivity index (χ4n) is 0.999. The molecule has 1 aliphatic heterocycles. The monoisotopic (exact) mass is 174 g/mol. The van der Waals surface area contributed by atoms with E-state index in [0.29, 0.717) is 19.6 Å². The fraction of sp³-hybridized carbons (Fsp3) is 0.857. The van der Waals surface area contributed by atoms with Crippen molar-refractivity contribution < 1.29 is 14.4 Å². The number of carbonyl (C=O) groups excluding carboxylic acids is 1. The van der Waals surface area contributed by atoms with Crippen LogP contribution in [0.1, 0.15) is 13.3 Å². The summed E-state index contributed by atoms with van der Waals surface area (Å²) in [5.74, 6) is -0.304. The van der Waals surface area contributed by atoms with E-state index in [9.17, 15) is 4.79 Å². The van der Waals surface area contributed by atoms with Crippen LogP contribution in [0.15, 0.2) is 0 Å². The van der Waals surface area contributed by atoms with Crippen LogP contribution in [-0.2, 0) is 14.4 Å². The number of rotatable bonds is 3. The summed E-state index contributed by atoms with van der Waals surface area (Å²) in [6, 6.07) is 0. The SMILES string of the molecule is CCONC(=O)C1(N)CCOC1. The summed E-state index contributed by atoms with van der Waals surface area (Å²) < 4.78 is 5.02. The molecule has 5 heteroatoms. The Labute approximate surface area is 71.2 Å². The molecule has 0 radical (unpaired) electrons. The molecule has 1 rings (SSSR count). The Kier molecular flexibility index (Phi) is 3.02.